The van der Waals surface area contributed by atoms with Gasteiger partial charge in [-0.25, -0.2) is 0 Å². The van der Waals surface area contributed by atoms with E-state index in [0.29, 0.717) is 6.42 Å². The van der Waals surface area contributed by atoms with E-state index in [1.807, 2.05) is 48.5 Å². The summed E-state index contributed by atoms with van der Waals surface area (Å²) in [4.78, 5) is 11.0. The molecule has 0 radical (unpaired) electrons. The van der Waals surface area contributed by atoms with Crippen molar-refractivity contribution in [1.29, 1.82) is 0 Å². The summed E-state index contributed by atoms with van der Waals surface area (Å²) in [5.41, 5.74) is 3.12. The first-order chi connectivity index (χ1) is 8.16. The minimum Gasteiger partial charge on any atom is -0.300 e. The zero-order chi connectivity index (χ0) is 12.3. The minimum atomic E-state index is 0.176. The summed E-state index contributed by atoms with van der Waals surface area (Å²) in [7, 11) is 0. The SMILES string of the molecule is CC(=O)Cc1ccc(-c2ccccc2Cl)cc1. The van der Waals surface area contributed by atoms with E-state index in [0.717, 1.165) is 21.7 Å². The number of Topliss-reactive ketones (excluding diaryl/α,β-unsaturated/α-hetero) is 1. The maximum Gasteiger partial charge on any atom is 0.134 e. The fourth-order valence-corrected chi connectivity index (χ4v) is 2.03. The summed E-state index contributed by atoms with van der Waals surface area (Å²) >= 11 is 6.13. The molecule has 0 spiro atoms. The Kier molecular flexibility index (Phi) is 3.60. The maximum absolute atomic E-state index is 11.0. The standard InChI is InChI=1S/C15H13ClO/c1-11(17)10-12-6-8-13(9-7-12)14-4-2-3-5-15(14)16/h2-9H,10H2,1H3. The second-order valence-electron chi connectivity index (χ2n) is 4.06. The lowest BCUT2D eigenvalue weighted by Gasteiger charge is -2.05. The third kappa shape index (κ3) is 2.95. The molecule has 86 valence electrons. The molecule has 0 amide bonds. The number of ketones is 1. The second kappa shape index (κ2) is 5.15. The molecule has 0 saturated carbocycles. The number of rotatable bonds is 3. The van der Waals surface area contributed by atoms with Gasteiger partial charge in [0.1, 0.15) is 5.78 Å². The van der Waals surface area contributed by atoms with Crippen LogP contribution in [0.1, 0.15) is 12.5 Å². The number of carbonyl (C=O) groups excluding carboxylic acids is 1. The Hall–Kier alpha value is -1.60. The van der Waals surface area contributed by atoms with Crippen LogP contribution in [0.2, 0.25) is 5.02 Å². The summed E-state index contributed by atoms with van der Waals surface area (Å²) in [6, 6.07) is 15.7. The Morgan fingerprint density at radius 2 is 1.71 bits per heavy atom. The molecule has 0 bridgehead atoms. The molecule has 0 fully saturated rings. The van der Waals surface area contributed by atoms with Crippen molar-refractivity contribution in [3.8, 4) is 11.1 Å². The van der Waals surface area contributed by atoms with Crippen LogP contribution in [0.5, 0.6) is 0 Å². The lowest BCUT2D eigenvalue weighted by Crippen LogP contribution is -1.95. The van der Waals surface area contributed by atoms with Crippen molar-refractivity contribution in [2.24, 2.45) is 0 Å². The van der Waals surface area contributed by atoms with Gasteiger partial charge in [-0.15, -0.1) is 0 Å². The van der Waals surface area contributed by atoms with Crippen molar-refractivity contribution >= 4 is 17.4 Å². The van der Waals surface area contributed by atoms with E-state index in [1.165, 1.54) is 0 Å². The van der Waals surface area contributed by atoms with Gasteiger partial charge < -0.3 is 0 Å². The van der Waals surface area contributed by atoms with E-state index in [9.17, 15) is 4.79 Å². The van der Waals surface area contributed by atoms with Gasteiger partial charge in [-0.2, -0.15) is 0 Å². The summed E-state index contributed by atoms with van der Waals surface area (Å²) in [6.45, 7) is 1.60. The summed E-state index contributed by atoms with van der Waals surface area (Å²) in [6.07, 6.45) is 0.489. The van der Waals surface area contributed by atoms with Gasteiger partial charge >= 0.3 is 0 Å². The number of benzene rings is 2. The van der Waals surface area contributed by atoms with Crippen molar-refractivity contribution in [3.05, 3.63) is 59.1 Å². The van der Waals surface area contributed by atoms with Gasteiger partial charge in [0.2, 0.25) is 0 Å². The van der Waals surface area contributed by atoms with Crippen LogP contribution >= 0.6 is 11.6 Å². The van der Waals surface area contributed by atoms with Gasteiger partial charge in [-0.05, 0) is 24.1 Å². The molecule has 2 heteroatoms. The van der Waals surface area contributed by atoms with Crippen molar-refractivity contribution < 1.29 is 4.79 Å². The van der Waals surface area contributed by atoms with Crippen molar-refractivity contribution in [2.45, 2.75) is 13.3 Å². The Morgan fingerprint density at radius 1 is 1.06 bits per heavy atom. The van der Waals surface area contributed by atoms with Gasteiger partial charge in [0, 0.05) is 17.0 Å². The van der Waals surface area contributed by atoms with Crippen LogP contribution in [0.3, 0.4) is 0 Å². The third-order valence-electron chi connectivity index (χ3n) is 2.59. The Bertz CT molecular complexity index is 529. The van der Waals surface area contributed by atoms with Crippen LogP contribution in [-0.4, -0.2) is 5.78 Å². The monoisotopic (exact) mass is 244 g/mol. The number of hydrogen-bond acceptors (Lipinski definition) is 1. The predicted octanol–water partition coefficient (Wildman–Crippen LogP) is 4.14. The number of carbonyl (C=O) groups is 1. The molecule has 0 saturated heterocycles. The molecule has 2 rings (SSSR count). The van der Waals surface area contributed by atoms with Gasteiger partial charge in [0.15, 0.2) is 0 Å². The molecule has 0 atom stereocenters. The predicted molar refractivity (Wildman–Crippen MR) is 71.3 cm³/mol. The largest absolute Gasteiger partial charge is 0.300 e. The van der Waals surface area contributed by atoms with Gasteiger partial charge in [0.05, 0.1) is 0 Å². The number of halogens is 1. The highest BCUT2D eigenvalue weighted by molar-refractivity contribution is 6.33. The van der Waals surface area contributed by atoms with Crippen LogP contribution < -0.4 is 0 Å². The molecule has 0 unspecified atom stereocenters. The Balaban J connectivity index is 2.30. The van der Waals surface area contributed by atoms with Gasteiger partial charge in [0.25, 0.3) is 0 Å². The van der Waals surface area contributed by atoms with Crippen LogP contribution in [0.25, 0.3) is 11.1 Å². The zero-order valence-electron chi connectivity index (χ0n) is 9.61. The average molecular weight is 245 g/mol. The number of hydrogen-bond donors (Lipinski definition) is 0. The first-order valence-corrected chi connectivity index (χ1v) is 5.88. The normalized spacial score (nSPS) is 10.2. The fraction of sp³-hybridized carbons (Fsp3) is 0.133. The van der Waals surface area contributed by atoms with Crippen molar-refractivity contribution in [2.75, 3.05) is 0 Å². The summed E-state index contributed by atoms with van der Waals surface area (Å²) in [5.74, 6) is 0.176. The first-order valence-electron chi connectivity index (χ1n) is 5.50. The van der Waals surface area contributed by atoms with Gasteiger partial charge in [-0.3, -0.25) is 4.79 Å². The Labute approximate surface area is 106 Å². The average Bonchev–Trinajstić information content (AvgIpc) is 2.30. The Morgan fingerprint density at radius 3 is 2.29 bits per heavy atom. The molecule has 2 aromatic rings. The lowest BCUT2D eigenvalue weighted by atomic mass is 10.0. The molecule has 0 aliphatic carbocycles. The van der Waals surface area contributed by atoms with Crippen LogP contribution in [-0.2, 0) is 11.2 Å². The first kappa shape index (κ1) is 11.9. The molecular weight excluding hydrogens is 232 g/mol. The highest BCUT2D eigenvalue weighted by atomic mass is 35.5. The molecule has 0 heterocycles. The molecule has 1 nitrogen and oxygen atoms in total. The fourth-order valence-electron chi connectivity index (χ4n) is 1.78. The molecular formula is C15H13ClO. The second-order valence-corrected chi connectivity index (χ2v) is 4.46. The van der Waals surface area contributed by atoms with Crippen LogP contribution in [0.15, 0.2) is 48.5 Å². The van der Waals surface area contributed by atoms with E-state index in [1.54, 1.807) is 6.92 Å². The van der Waals surface area contributed by atoms with E-state index in [4.69, 9.17) is 11.6 Å². The quantitative estimate of drug-likeness (QED) is 0.793. The van der Waals surface area contributed by atoms with Gasteiger partial charge in [-0.1, -0.05) is 54.1 Å². The smallest absolute Gasteiger partial charge is 0.134 e. The summed E-state index contributed by atoms with van der Waals surface area (Å²) in [5, 5.41) is 0.742. The highest BCUT2D eigenvalue weighted by Crippen LogP contribution is 2.27. The van der Waals surface area contributed by atoms with E-state index in [-0.39, 0.29) is 5.78 Å². The molecule has 0 N–H and O–H groups in total. The topological polar surface area (TPSA) is 17.1 Å². The maximum atomic E-state index is 11.0. The van der Waals surface area contributed by atoms with E-state index in [2.05, 4.69) is 0 Å². The summed E-state index contributed by atoms with van der Waals surface area (Å²) < 4.78 is 0. The van der Waals surface area contributed by atoms with Crippen molar-refractivity contribution in [1.82, 2.24) is 0 Å². The third-order valence-corrected chi connectivity index (χ3v) is 2.92. The van der Waals surface area contributed by atoms with Crippen LogP contribution in [0.4, 0.5) is 0 Å². The van der Waals surface area contributed by atoms with E-state index >= 15 is 0 Å². The van der Waals surface area contributed by atoms with E-state index < -0.39 is 0 Å². The zero-order valence-corrected chi connectivity index (χ0v) is 10.4. The molecule has 0 aliphatic rings. The highest BCUT2D eigenvalue weighted by Gasteiger charge is 2.03. The molecule has 0 aliphatic heterocycles. The van der Waals surface area contributed by atoms with Crippen molar-refractivity contribution in [3.63, 3.8) is 0 Å². The molecule has 2 aromatic carbocycles. The lowest BCUT2D eigenvalue weighted by molar-refractivity contribution is -0.116. The van der Waals surface area contributed by atoms with Crippen LogP contribution in [0, 0.1) is 0 Å². The minimum absolute atomic E-state index is 0.176. The molecule has 17 heavy (non-hydrogen) atoms. The molecule has 0 aromatic heterocycles.